The Bertz CT molecular complexity index is 897. The quantitative estimate of drug-likeness (QED) is 0.581. The lowest BCUT2D eigenvalue weighted by molar-refractivity contribution is -0.118. The van der Waals surface area contributed by atoms with E-state index in [-0.39, 0.29) is 11.2 Å². The topological polar surface area (TPSA) is 57.1 Å². The normalized spacial score (nSPS) is 18.3. The maximum absolute atomic E-state index is 12.2. The zero-order valence-corrected chi connectivity index (χ0v) is 17.1. The molecule has 2 aromatic rings. The second-order valence-electron chi connectivity index (χ2n) is 6.15. The summed E-state index contributed by atoms with van der Waals surface area (Å²) in [6.45, 7) is 0. The molecule has 1 aliphatic rings. The summed E-state index contributed by atoms with van der Waals surface area (Å²) in [6, 6.07) is 13.3. The van der Waals surface area contributed by atoms with Crippen LogP contribution in [0.1, 0.15) is 11.1 Å². The molecule has 0 spiro atoms. The van der Waals surface area contributed by atoms with Gasteiger partial charge in [-0.25, -0.2) is 0 Å². The summed E-state index contributed by atoms with van der Waals surface area (Å²) in [5, 5.41) is 12.1. The van der Waals surface area contributed by atoms with Gasteiger partial charge in [-0.15, -0.1) is 5.10 Å². The molecule has 3 rings (SSSR count). The maximum Gasteiger partial charge on any atom is 0.239 e. The monoisotopic (exact) mass is 420 g/mol. The molecule has 140 valence electrons. The van der Waals surface area contributed by atoms with Gasteiger partial charge in [0.25, 0.3) is 0 Å². The number of hydrogen-bond donors (Lipinski definition) is 1. The second-order valence-corrected chi connectivity index (χ2v) is 8.13. The average molecular weight is 421 g/mol. The van der Waals surface area contributed by atoms with Gasteiger partial charge in [0.15, 0.2) is 5.17 Å². The smallest absolute Gasteiger partial charge is 0.239 e. The minimum absolute atomic E-state index is 0.111. The van der Waals surface area contributed by atoms with Gasteiger partial charge in [-0.1, -0.05) is 59.2 Å². The molecule has 1 atom stereocenters. The van der Waals surface area contributed by atoms with Crippen LogP contribution in [0.5, 0.6) is 0 Å². The first-order valence-corrected chi connectivity index (χ1v) is 9.86. The average Bonchev–Trinajstić information content (AvgIpc) is 2.99. The molecule has 0 aliphatic carbocycles. The van der Waals surface area contributed by atoms with Crippen LogP contribution in [0.3, 0.4) is 0 Å². The van der Waals surface area contributed by atoms with Gasteiger partial charge in [-0.3, -0.25) is 4.79 Å². The number of benzene rings is 2. The number of nitrogens with zero attached hydrogens (tertiary/aromatic N) is 3. The van der Waals surface area contributed by atoms with Crippen LogP contribution >= 0.6 is 35.0 Å². The van der Waals surface area contributed by atoms with Crippen molar-refractivity contribution >= 4 is 57.9 Å². The van der Waals surface area contributed by atoms with Gasteiger partial charge < -0.3 is 10.2 Å². The zero-order chi connectivity index (χ0) is 19.4. The minimum atomic E-state index is -0.311. The molecule has 5 nitrogen and oxygen atoms in total. The van der Waals surface area contributed by atoms with Crippen molar-refractivity contribution in [2.75, 3.05) is 19.0 Å². The summed E-state index contributed by atoms with van der Waals surface area (Å²) in [5.74, 6) is -0.111. The molecule has 1 unspecified atom stereocenters. The van der Waals surface area contributed by atoms with E-state index in [0.29, 0.717) is 21.6 Å². The summed E-state index contributed by atoms with van der Waals surface area (Å²) < 4.78 is 0. The van der Waals surface area contributed by atoms with E-state index in [4.69, 9.17) is 23.2 Å². The summed E-state index contributed by atoms with van der Waals surface area (Å²) in [6.07, 6.45) is 2.13. The predicted octanol–water partition coefficient (Wildman–Crippen LogP) is 4.22. The van der Waals surface area contributed by atoms with Crippen molar-refractivity contribution in [3.05, 3.63) is 63.6 Å². The summed E-state index contributed by atoms with van der Waals surface area (Å²) in [5.41, 5.74) is 2.88. The van der Waals surface area contributed by atoms with Crippen molar-refractivity contribution in [1.29, 1.82) is 0 Å². The molecule has 1 N–H and O–H groups in total. The second kappa shape index (κ2) is 8.78. The Kier molecular flexibility index (Phi) is 6.42. The van der Waals surface area contributed by atoms with Crippen molar-refractivity contribution in [3.8, 4) is 0 Å². The number of anilines is 1. The third kappa shape index (κ3) is 5.03. The number of amides is 1. The number of hydrogen-bond acceptors (Lipinski definition) is 5. The first kappa shape index (κ1) is 19.7. The number of carbonyl (C=O) groups is 1. The van der Waals surface area contributed by atoms with E-state index in [1.54, 1.807) is 12.3 Å². The predicted molar refractivity (Wildman–Crippen MR) is 115 cm³/mol. The molecule has 1 fully saturated rings. The van der Waals surface area contributed by atoms with Gasteiger partial charge >= 0.3 is 0 Å². The van der Waals surface area contributed by atoms with Crippen molar-refractivity contribution in [1.82, 2.24) is 5.32 Å². The molecular weight excluding hydrogens is 403 g/mol. The first-order valence-electron chi connectivity index (χ1n) is 8.23. The van der Waals surface area contributed by atoms with Crippen LogP contribution in [-0.4, -0.2) is 36.6 Å². The van der Waals surface area contributed by atoms with E-state index in [1.165, 1.54) is 11.8 Å². The molecule has 0 radical (unpaired) electrons. The van der Waals surface area contributed by atoms with Crippen LogP contribution in [-0.2, 0) is 11.2 Å². The van der Waals surface area contributed by atoms with Crippen LogP contribution in [0.2, 0.25) is 10.0 Å². The Labute approximate surface area is 172 Å². The SMILES string of the molecule is CN(C)c1ccc(/C=N/N=C2\NC(=O)C(Cc3cccc(Cl)c3Cl)S2)cc1. The number of halogens is 2. The lowest BCUT2D eigenvalue weighted by atomic mass is 10.1. The minimum Gasteiger partial charge on any atom is -0.378 e. The lowest BCUT2D eigenvalue weighted by Gasteiger charge is -2.11. The first-order chi connectivity index (χ1) is 12.9. The fraction of sp³-hybridized carbons (Fsp3) is 0.211. The largest absolute Gasteiger partial charge is 0.378 e. The molecule has 1 amide bonds. The Morgan fingerprint density at radius 2 is 1.93 bits per heavy atom. The van der Waals surface area contributed by atoms with Crippen molar-refractivity contribution < 1.29 is 4.79 Å². The van der Waals surface area contributed by atoms with Crippen LogP contribution in [0.4, 0.5) is 5.69 Å². The molecule has 0 aromatic heterocycles. The van der Waals surface area contributed by atoms with E-state index in [9.17, 15) is 4.79 Å². The highest BCUT2D eigenvalue weighted by Crippen LogP contribution is 2.30. The molecule has 1 heterocycles. The lowest BCUT2D eigenvalue weighted by Crippen LogP contribution is -2.26. The van der Waals surface area contributed by atoms with Crippen molar-refractivity contribution in [2.24, 2.45) is 10.2 Å². The molecule has 2 aromatic carbocycles. The van der Waals surface area contributed by atoms with E-state index in [1.807, 2.05) is 55.4 Å². The van der Waals surface area contributed by atoms with Crippen molar-refractivity contribution in [3.63, 3.8) is 0 Å². The summed E-state index contributed by atoms with van der Waals surface area (Å²) in [4.78, 5) is 14.2. The van der Waals surface area contributed by atoms with Crippen LogP contribution in [0.15, 0.2) is 52.7 Å². The zero-order valence-electron chi connectivity index (χ0n) is 14.8. The van der Waals surface area contributed by atoms with Crippen LogP contribution in [0.25, 0.3) is 0 Å². The third-order valence-electron chi connectivity index (χ3n) is 3.98. The van der Waals surface area contributed by atoms with Gasteiger partial charge in [0, 0.05) is 19.8 Å². The van der Waals surface area contributed by atoms with Gasteiger partial charge in [-0.2, -0.15) is 5.10 Å². The molecular formula is C19H18Cl2N4OS. The van der Waals surface area contributed by atoms with E-state index in [0.717, 1.165) is 16.8 Å². The van der Waals surface area contributed by atoms with E-state index >= 15 is 0 Å². The number of carbonyl (C=O) groups excluding carboxylic acids is 1. The number of nitrogens with one attached hydrogen (secondary N) is 1. The van der Waals surface area contributed by atoms with E-state index in [2.05, 4.69) is 15.5 Å². The number of thioether (sulfide) groups is 1. The third-order valence-corrected chi connectivity index (χ3v) is 5.91. The van der Waals surface area contributed by atoms with E-state index < -0.39 is 0 Å². The molecule has 0 bridgehead atoms. The fourth-order valence-corrected chi connectivity index (χ4v) is 3.85. The van der Waals surface area contributed by atoms with Gasteiger partial charge in [-0.05, 0) is 35.7 Å². The molecule has 27 heavy (non-hydrogen) atoms. The van der Waals surface area contributed by atoms with Crippen molar-refractivity contribution in [2.45, 2.75) is 11.7 Å². The number of rotatable bonds is 5. The Hall–Kier alpha value is -2.02. The number of amidine groups is 1. The Morgan fingerprint density at radius 3 is 2.63 bits per heavy atom. The van der Waals surface area contributed by atoms with Gasteiger partial charge in [0.05, 0.1) is 21.5 Å². The highest BCUT2D eigenvalue weighted by atomic mass is 35.5. The molecule has 1 saturated heterocycles. The summed E-state index contributed by atoms with van der Waals surface area (Å²) in [7, 11) is 3.98. The maximum atomic E-state index is 12.2. The van der Waals surface area contributed by atoms with Crippen LogP contribution < -0.4 is 10.2 Å². The standard InChI is InChI=1S/C19H18Cl2N4OS/c1-25(2)14-8-6-12(7-9-14)11-22-24-19-23-18(26)16(27-19)10-13-4-3-5-15(20)17(13)21/h3-9,11,16H,10H2,1-2H3,(H,23,24,26)/b22-11+. The van der Waals surface area contributed by atoms with Gasteiger partial charge in [0.1, 0.15) is 0 Å². The molecule has 8 heteroatoms. The van der Waals surface area contributed by atoms with Gasteiger partial charge in [0.2, 0.25) is 5.91 Å². The molecule has 1 aliphatic heterocycles. The Morgan fingerprint density at radius 1 is 1.19 bits per heavy atom. The molecule has 0 saturated carbocycles. The highest BCUT2D eigenvalue weighted by Gasteiger charge is 2.31. The Balaban J connectivity index is 1.63. The highest BCUT2D eigenvalue weighted by molar-refractivity contribution is 8.15. The van der Waals surface area contributed by atoms with Crippen LogP contribution in [0, 0.1) is 0 Å². The fourth-order valence-electron chi connectivity index (χ4n) is 2.50. The summed E-state index contributed by atoms with van der Waals surface area (Å²) >= 11 is 13.6.